The summed E-state index contributed by atoms with van der Waals surface area (Å²) in [6.45, 7) is 7.46. The molecule has 1 aliphatic heterocycles. The van der Waals surface area contributed by atoms with Crippen LogP contribution < -0.4 is 0 Å². The number of ketones is 1. The summed E-state index contributed by atoms with van der Waals surface area (Å²) < 4.78 is 11.2. The van der Waals surface area contributed by atoms with Crippen LogP contribution in [0.3, 0.4) is 0 Å². The highest BCUT2D eigenvalue weighted by Gasteiger charge is 2.36. The number of morpholine rings is 1. The van der Waals surface area contributed by atoms with Crippen molar-refractivity contribution < 1.29 is 18.7 Å². The predicted octanol–water partition coefficient (Wildman–Crippen LogP) is 3.28. The normalized spacial score (nSPS) is 22.3. The van der Waals surface area contributed by atoms with E-state index in [1.807, 2.05) is 19.1 Å². The minimum absolute atomic E-state index is 0.0783. The van der Waals surface area contributed by atoms with E-state index in [0.717, 1.165) is 23.4 Å². The van der Waals surface area contributed by atoms with Crippen LogP contribution >= 0.6 is 0 Å². The van der Waals surface area contributed by atoms with Crippen LogP contribution in [0.5, 0.6) is 0 Å². The lowest BCUT2D eigenvalue weighted by Gasteiger charge is -2.31. The Morgan fingerprint density at radius 1 is 1.35 bits per heavy atom. The molecule has 0 saturated carbocycles. The molecule has 1 atom stereocenters. The number of nitrogens with one attached hydrogen (secondary N) is 1. The standard InChI is InChI=1S/C20H24N2O4/c1-12-17-13(9-20(2,3)10-14(17)23)21-18(12)19(24)22-6-8-26-16(11-22)15-5-4-7-25-15/h4-5,7,16,21H,6,8-11H2,1-3H3/t16-/m0/s1. The quantitative estimate of drug-likeness (QED) is 0.896. The van der Waals surface area contributed by atoms with Gasteiger partial charge in [0.2, 0.25) is 0 Å². The Bertz CT molecular complexity index is 848. The summed E-state index contributed by atoms with van der Waals surface area (Å²) in [5, 5.41) is 0. The molecular weight excluding hydrogens is 332 g/mol. The summed E-state index contributed by atoms with van der Waals surface area (Å²) in [5.74, 6) is 0.767. The number of ether oxygens (including phenoxy) is 1. The fraction of sp³-hybridized carbons (Fsp3) is 0.500. The smallest absolute Gasteiger partial charge is 0.270 e. The largest absolute Gasteiger partial charge is 0.467 e. The second kappa shape index (κ2) is 6.13. The molecule has 1 amide bonds. The third kappa shape index (κ3) is 2.88. The van der Waals surface area contributed by atoms with Gasteiger partial charge in [-0.3, -0.25) is 9.59 Å². The number of hydrogen-bond donors (Lipinski definition) is 1. The number of aromatic amines is 1. The SMILES string of the molecule is Cc1c(C(=O)N2CCO[C@H](c3ccco3)C2)[nH]c2c1C(=O)CC(C)(C)C2. The highest BCUT2D eigenvalue weighted by molar-refractivity contribution is 6.04. The number of nitrogens with zero attached hydrogens (tertiary/aromatic N) is 1. The van der Waals surface area contributed by atoms with Crippen molar-refractivity contribution in [3.8, 4) is 0 Å². The Hall–Kier alpha value is -2.34. The first kappa shape index (κ1) is 17.1. The summed E-state index contributed by atoms with van der Waals surface area (Å²) in [4.78, 5) is 30.7. The van der Waals surface area contributed by atoms with Crippen LogP contribution in [0.2, 0.25) is 0 Å². The Labute approximate surface area is 152 Å². The summed E-state index contributed by atoms with van der Waals surface area (Å²) in [6, 6.07) is 3.67. The van der Waals surface area contributed by atoms with E-state index in [2.05, 4.69) is 18.8 Å². The van der Waals surface area contributed by atoms with Crippen LogP contribution in [-0.4, -0.2) is 41.3 Å². The van der Waals surface area contributed by atoms with E-state index in [0.29, 0.717) is 37.4 Å². The first-order chi connectivity index (χ1) is 12.4. The first-order valence-electron chi connectivity index (χ1n) is 9.04. The molecule has 0 radical (unpaired) electrons. The van der Waals surface area contributed by atoms with E-state index in [-0.39, 0.29) is 23.2 Å². The third-order valence-electron chi connectivity index (χ3n) is 5.33. The molecule has 0 spiro atoms. The van der Waals surface area contributed by atoms with E-state index in [9.17, 15) is 9.59 Å². The van der Waals surface area contributed by atoms with Gasteiger partial charge in [-0.15, -0.1) is 0 Å². The van der Waals surface area contributed by atoms with E-state index in [4.69, 9.17) is 9.15 Å². The van der Waals surface area contributed by atoms with Crippen molar-refractivity contribution in [1.29, 1.82) is 0 Å². The van der Waals surface area contributed by atoms with E-state index >= 15 is 0 Å². The number of H-pyrrole nitrogens is 1. The van der Waals surface area contributed by atoms with Crippen molar-refractivity contribution in [3.05, 3.63) is 46.7 Å². The van der Waals surface area contributed by atoms with Crippen LogP contribution in [0.1, 0.15) is 64.2 Å². The van der Waals surface area contributed by atoms with Crippen molar-refractivity contribution in [2.75, 3.05) is 19.7 Å². The maximum Gasteiger partial charge on any atom is 0.270 e. The van der Waals surface area contributed by atoms with Crippen molar-refractivity contribution in [3.63, 3.8) is 0 Å². The first-order valence-corrected chi connectivity index (χ1v) is 9.04. The molecule has 4 rings (SSSR count). The average Bonchev–Trinajstić information content (AvgIpc) is 3.21. The highest BCUT2D eigenvalue weighted by atomic mass is 16.5. The lowest BCUT2D eigenvalue weighted by atomic mass is 9.75. The van der Waals surface area contributed by atoms with E-state index in [1.54, 1.807) is 11.2 Å². The van der Waals surface area contributed by atoms with E-state index < -0.39 is 0 Å². The Kier molecular flexibility index (Phi) is 4.03. The van der Waals surface area contributed by atoms with Gasteiger partial charge in [-0.05, 0) is 36.5 Å². The summed E-state index contributed by atoms with van der Waals surface area (Å²) in [5.41, 5.74) is 2.82. The average molecular weight is 356 g/mol. The zero-order valence-corrected chi connectivity index (χ0v) is 15.4. The van der Waals surface area contributed by atoms with Crippen LogP contribution in [0.25, 0.3) is 0 Å². The Morgan fingerprint density at radius 3 is 2.88 bits per heavy atom. The molecule has 26 heavy (non-hydrogen) atoms. The number of carbonyl (C=O) groups excluding carboxylic acids is 2. The van der Waals surface area contributed by atoms with Gasteiger partial charge in [0.05, 0.1) is 19.4 Å². The van der Waals surface area contributed by atoms with Crippen molar-refractivity contribution in [2.45, 2.75) is 39.7 Å². The topological polar surface area (TPSA) is 75.5 Å². The molecule has 0 aromatic carbocycles. The van der Waals surface area contributed by atoms with Gasteiger partial charge in [0.15, 0.2) is 5.78 Å². The number of aromatic nitrogens is 1. The molecule has 138 valence electrons. The number of furan rings is 1. The van der Waals surface area contributed by atoms with Gasteiger partial charge in [0, 0.05) is 24.2 Å². The van der Waals surface area contributed by atoms with Gasteiger partial charge in [0.25, 0.3) is 5.91 Å². The van der Waals surface area contributed by atoms with Gasteiger partial charge in [0.1, 0.15) is 17.6 Å². The highest BCUT2D eigenvalue weighted by Crippen LogP contribution is 2.37. The number of fused-ring (bicyclic) bond motifs is 1. The molecule has 2 aliphatic rings. The minimum atomic E-state index is -0.256. The molecule has 1 N–H and O–H groups in total. The number of carbonyl (C=O) groups is 2. The van der Waals surface area contributed by atoms with Crippen LogP contribution in [0.15, 0.2) is 22.8 Å². The number of hydrogen-bond acceptors (Lipinski definition) is 4. The zero-order valence-electron chi connectivity index (χ0n) is 15.4. The molecule has 0 bridgehead atoms. The summed E-state index contributed by atoms with van der Waals surface area (Å²) in [6.07, 6.45) is 2.65. The third-order valence-corrected chi connectivity index (χ3v) is 5.33. The fourth-order valence-electron chi connectivity index (χ4n) is 4.08. The number of rotatable bonds is 2. The van der Waals surface area contributed by atoms with Gasteiger partial charge in [-0.2, -0.15) is 0 Å². The molecule has 0 unspecified atom stereocenters. The molecule has 6 nitrogen and oxygen atoms in total. The van der Waals surface area contributed by atoms with Crippen molar-refractivity contribution in [1.82, 2.24) is 9.88 Å². The molecule has 2 aromatic heterocycles. The van der Waals surface area contributed by atoms with Gasteiger partial charge < -0.3 is 19.0 Å². The molecule has 6 heteroatoms. The maximum absolute atomic E-state index is 13.1. The second-order valence-electron chi connectivity index (χ2n) is 8.05. The molecule has 2 aromatic rings. The summed E-state index contributed by atoms with van der Waals surface area (Å²) in [7, 11) is 0. The van der Waals surface area contributed by atoms with Crippen molar-refractivity contribution in [2.24, 2.45) is 5.41 Å². The monoisotopic (exact) mass is 356 g/mol. The van der Waals surface area contributed by atoms with Gasteiger partial charge in [-0.1, -0.05) is 13.8 Å². The molecular formula is C20H24N2O4. The lowest BCUT2D eigenvalue weighted by molar-refractivity contribution is -0.0323. The number of Topliss-reactive ketones (excluding diaryl/α,β-unsaturated/α-hetero) is 1. The van der Waals surface area contributed by atoms with E-state index in [1.165, 1.54) is 0 Å². The van der Waals surface area contributed by atoms with Crippen LogP contribution in [-0.2, 0) is 11.2 Å². The van der Waals surface area contributed by atoms with Gasteiger partial charge >= 0.3 is 0 Å². The molecule has 3 heterocycles. The summed E-state index contributed by atoms with van der Waals surface area (Å²) >= 11 is 0. The Morgan fingerprint density at radius 2 is 2.15 bits per heavy atom. The van der Waals surface area contributed by atoms with Crippen LogP contribution in [0, 0.1) is 12.3 Å². The number of amides is 1. The fourth-order valence-corrected chi connectivity index (χ4v) is 4.08. The minimum Gasteiger partial charge on any atom is -0.467 e. The van der Waals surface area contributed by atoms with Crippen molar-refractivity contribution >= 4 is 11.7 Å². The lowest BCUT2D eigenvalue weighted by Crippen LogP contribution is -2.42. The molecule has 1 aliphatic carbocycles. The van der Waals surface area contributed by atoms with Gasteiger partial charge in [-0.25, -0.2) is 0 Å². The zero-order chi connectivity index (χ0) is 18.5. The maximum atomic E-state index is 13.1. The predicted molar refractivity (Wildman–Crippen MR) is 95.3 cm³/mol. The second-order valence-corrected chi connectivity index (χ2v) is 8.05. The molecule has 1 fully saturated rings. The Balaban J connectivity index is 1.60. The van der Waals surface area contributed by atoms with Crippen LogP contribution in [0.4, 0.5) is 0 Å². The molecule has 1 saturated heterocycles.